The number of hydrogen-bond acceptors (Lipinski definition) is 3. The van der Waals surface area contributed by atoms with E-state index in [2.05, 4.69) is 37.9 Å². The Hall–Kier alpha value is -2.27. The molecule has 4 nitrogen and oxygen atoms in total. The lowest BCUT2D eigenvalue weighted by atomic mass is 9.87. The molecular weight excluding hydrogens is 355 g/mol. The molecule has 1 atom stereocenters. The maximum absolute atomic E-state index is 13.6. The zero-order valence-electron chi connectivity index (χ0n) is 14.9. The second-order valence-electron chi connectivity index (χ2n) is 7.59. The van der Waals surface area contributed by atoms with E-state index in [0.717, 1.165) is 11.3 Å². The van der Waals surface area contributed by atoms with Crippen molar-refractivity contribution in [2.75, 3.05) is 6.61 Å². The van der Waals surface area contributed by atoms with Crippen molar-refractivity contribution in [3.63, 3.8) is 0 Å². The second kappa shape index (κ2) is 6.16. The molecule has 2 aromatic carbocycles. The Kier molecular flexibility index (Phi) is 4.07. The molecule has 0 N–H and O–H groups in total. The lowest BCUT2D eigenvalue weighted by Gasteiger charge is -2.19. The lowest BCUT2D eigenvalue weighted by molar-refractivity contribution is 0.144. The molecular formula is C20H20ClFN2O2. The smallest absolute Gasteiger partial charge is 0.297 e. The monoisotopic (exact) mass is 374 g/mol. The van der Waals surface area contributed by atoms with Crippen LogP contribution >= 0.6 is 11.6 Å². The van der Waals surface area contributed by atoms with Crippen LogP contribution in [0.2, 0.25) is 5.02 Å². The molecule has 0 fully saturated rings. The second-order valence-corrected chi connectivity index (χ2v) is 7.99. The van der Waals surface area contributed by atoms with E-state index in [1.807, 2.05) is 16.7 Å². The van der Waals surface area contributed by atoms with E-state index >= 15 is 0 Å². The molecule has 0 aliphatic carbocycles. The largest absolute Gasteiger partial charge is 0.490 e. The number of rotatable bonds is 3. The Morgan fingerprint density at radius 3 is 2.69 bits per heavy atom. The molecule has 0 bridgehead atoms. The zero-order chi connectivity index (χ0) is 18.5. The minimum atomic E-state index is -0.477. The lowest BCUT2D eigenvalue weighted by Crippen LogP contribution is -2.23. The van der Waals surface area contributed by atoms with Crippen molar-refractivity contribution in [2.45, 2.75) is 38.8 Å². The number of halogens is 2. The number of ether oxygens (including phenoxy) is 2. The van der Waals surface area contributed by atoms with Gasteiger partial charge in [-0.1, -0.05) is 44.5 Å². The highest BCUT2D eigenvalue weighted by Crippen LogP contribution is 2.31. The fraction of sp³-hybridized carbons (Fsp3) is 0.350. The van der Waals surface area contributed by atoms with Gasteiger partial charge in [0, 0.05) is 6.07 Å². The normalized spacial score (nSPS) is 16.6. The highest BCUT2D eigenvalue weighted by atomic mass is 35.5. The van der Waals surface area contributed by atoms with Gasteiger partial charge in [-0.3, -0.25) is 4.57 Å². The molecule has 0 unspecified atom stereocenters. The summed E-state index contributed by atoms with van der Waals surface area (Å²) >= 11 is 5.89. The van der Waals surface area contributed by atoms with Crippen LogP contribution in [0.25, 0.3) is 11.0 Å². The van der Waals surface area contributed by atoms with E-state index in [0.29, 0.717) is 24.7 Å². The van der Waals surface area contributed by atoms with Crippen molar-refractivity contribution >= 4 is 22.6 Å². The fourth-order valence-corrected chi connectivity index (χ4v) is 3.24. The molecule has 1 aromatic heterocycles. The Morgan fingerprint density at radius 2 is 2.00 bits per heavy atom. The van der Waals surface area contributed by atoms with Crippen LogP contribution in [0, 0.1) is 5.82 Å². The van der Waals surface area contributed by atoms with Gasteiger partial charge in [-0.15, -0.1) is 0 Å². The van der Waals surface area contributed by atoms with Crippen LogP contribution in [0.5, 0.6) is 11.8 Å². The molecule has 3 aromatic rings. The molecule has 1 aliphatic heterocycles. The molecule has 6 heteroatoms. The number of aromatic nitrogens is 2. The Balaban J connectivity index is 1.43. The summed E-state index contributed by atoms with van der Waals surface area (Å²) in [6.07, 6.45) is -0.145. The summed E-state index contributed by atoms with van der Waals surface area (Å²) in [6.45, 7) is 7.54. The Morgan fingerprint density at radius 1 is 1.27 bits per heavy atom. The van der Waals surface area contributed by atoms with Crippen molar-refractivity contribution in [3.05, 3.63) is 52.8 Å². The minimum Gasteiger partial charge on any atom is -0.490 e. The summed E-state index contributed by atoms with van der Waals surface area (Å²) in [6, 6.07) is 11.5. The Labute approximate surface area is 156 Å². The van der Waals surface area contributed by atoms with Gasteiger partial charge in [-0.05, 0) is 29.2 Å². The van der Waals surface area contributed by atoms with Crippen LogP contribution in [0.15, 0.2) is 36.4 Å². The number of nitrogens with zero attached hydrogens (tertiary/aromatic N) is 2. The summed E-state index contributed by atoms with van der Waals surface area (Å²) in [4.78, 5) is 4.33. The van der Waals surface area contributed by atoms with Gasteiger partial charge in [0.15, 0.2) is 6.10 Å². The first-order chi connectivity index (χ1) is 12.3. The van der Waals surface area contributed by atoms with E-state index in [1.54, 1.807) is 6.07 Å². The molecule has 0 saturated carbocycles. The van der Waals surface area contributed by atoms with E-state index < -0.39 is 5.82 Å². The van der Waals surface area contributed by atoms with Crippen molar-refractivity contribution in [1.82, 2.24) is 9.55 Å². The number of imidazole rings is 1. The van der Waals surface area contributed by atoms with E-state index in [-0.39, 0.29) is 16.5 Å². The van der Waals surface area contributed by atoms with Crippen LogP contribution in [-0.4, -0.2) is 22.3 Å². The summed E-state index contributed by atoms with van der Waals surface area (Å²) < 4.78 is 27.2. The van der Waals surface area contributed by atoms with Crippen molar-refractivity contribution in [1.29, 1.82) is 0 Å². The van der Waals surface area contributed by atoms with E-state index in [1.165, 1.54) is 11.6 Å². The molecule has 2 heterocycles. The van der Waals surface area contributed by atoms with Crippen LogP contribution < -0.4 is 9.47 Å². The summed E-state index contributed by atoms with van der Waals surface area (Å²) in [5, 5.41) is 0.0823. The fourth-order valence-electron chi connectivity index (χ4n) is 3.08. The van der Waals surface area contributed by atoms with Crippen molar-refractivity contribution < 1.29 is 13.9 Å². The number of fused-ring (bicyclic) bond motifs is 3. The van der Waals surface area contributed by atoms with Gasteiger partial charge in [0.25, 0.3) is 6.01 Å². The molecule has 0 radical (unpaired) electrons. The summed E-state index contributed by atoms with van der Waals surface area (Å²) in [5.74, 6) is 0.329. The number of hydrogen-bond donors (Lipinski definition) is 0. The average molecular weight is 375 g/mol. The molecule has 0 spiro atoms. The van der Waals surface area contributed by atoms with E-state index in [4.69, 9.17) is 21.1 Å². The molecule has 4 rings (SSSR count). The molecule has 26 heavy (non-hydrogen) atoms. The van der Waals surface area contributed by atoms with Gasteiger partial charge in [-0.2, -0.15) is 4.98 Å². The highest BCUT2D eigenvalue weighted by molar-refractivity contribution is 6.31. The molecule has 136 valence electrons. The third kappa shape index (κ3) is 3.12. The number of benzene rings is 2. The van der Waals surface area contributed by atoms with Crippen LogP contribution in [0.1, 0.15) is 26.3 Å². The topological polar surface area (TPSA) is 36.3 Å². The maximum atomic E-state index is 13.6. The predicted octanol–water partition coefficient (Wildman–Crippen LogP) is 4.97. The van der Waals surface area contributed by atoms with Crippen molar-refractivity contribution in [3.8, 4) is 11.8 Å². The first-order valence-electron chi connectivity index (χ1n) is 8.56. The van der Waals surface area contributed by atoms with Crippen LogP contribution in [0.3, 0.4) is 0 Å². The average Bonchev–Trinajstić information content (AvgIpc) is 3.11. The third-order valence-electron chi connectivity index (χ3n) is 4.57. The van der Waals surface area contributed by atoms with Gasteiger partial charge in [0.1, 0.15) is 18.2 Å². The highest BCUT2D eigenvalue weighted by Gasteiger charge is 2.27. The quantitative estimate of drug-likeness (QED) is 0.649. The van der Waals surface area contributed by atoms with Gasteiger partial charge < -0.3 is 9.47 Å². The maximum Gasteiger partial charge on any atom is 0.297 e. The summed E-state index contributed by atoms with van der Waals surface area (Å²) in [5.41, 5.74) is 2.68. The van der Waals surface area contributed by atoms with Crippen LogP contribution in [0.4, 0.5) is 4.39 Å². The molecule has 1 aliphatic rings. The first kappa shape index (κ1) is 17.2. The minimum absolute atomic E-state index is 0.0823. The van der Waals surface area contributed by atoms with Crippen molar-refractivity contribution in [2.24, 2.45) is 0 Å². The van der Waals surface area contributed by atoms with Gasteiger partial charge in [0.2, 0.25) is 0 Å². The van der Waals surface area contributed by atoms with Gasteiger partial charge >= 0.3 is 0 Å². The predicted molar refractivity (Wildman–Crippen MR) is 99.8 cm³/mol. The SMILES string of the molecule is CC(C)(C)c1ccc(OC[C@@H]2Cn3c(nc4cc(F)c(Cl)cc43)O2)cc1. The van der Waals surface area contributed by atoms with Gasteiger partial charge in [-0.25, -0.2) is 4.39 Å². The van der Waals surface area contributed by atoms with E-state index in [9.17, 15) is 4.39 Å². The molecule has 0 saturated heterocycles. The Bertz CT molecular complexity index is 961. The summed E-state index contributed by atoms with van der Waals surface area (Å²) in [7, 11) is 0. The first-order valence-corrected chi connectivity index (χ1v) is 8.94. The van der Waals surface area contributed by atoms with Gasteiger partial charge in [0.05, 0.1) is 22.6 Å². The van der Waals surface area contributed by atoms with Crippen LogP contribution in [-0.2, 0) is 12.0 Å². The third-order valence-corrected chi connectivity index (χ3v) is 4.86. The standard InChI is InChI=1S/C20H20ClFN2O2/c1-20(2,3)12-4-6-13(7-5-12)25-11-14-10-24-18-8-15(21)16(22)9-17(18)23-19(24)26-14/h4-9,14H,10-11H2,1-3H3/t14-/m0/s1. The zero-order valence-corrected chi connectivity index (χ0v) is 15.7. The molecule has 0 amide bonds.